The number of amides is 1. The summed E-state index contributed by atoms with van der Waals surface area (Å²) in [4.78, 5) is 37.2. The number of carbonyl (C=O) groups excluding carboxylic acids is 3. The van der Waals surface area contributed by atoms with Gasteiger partial charge in [0.2, 0.25) is 0 Å². The van der Waals surface area contributed by atoms with Gasteiger partial charge in [-0.3, -0.25) is 18.6 Å². The Labute approximate surface area is 323 Å². The predicted octanol–water partition coefficient (Wildman–Crippen LogP) is 9.53. The van der Waals surface area contributed by atoms with Crippen molar-refractivity contribution in [2.24, 2.45) is 0 Å². The van der Waals surface area contributed by atoms with Gasteiger partial charge in [-0.1, -0.05) is 60.7 Å². The normalized spacial score (nSPS) is 13.1. The van der Waals surface area contributed by atoms with Crippen molar-refractivity contribution in [1.29, 1.82) is 0 Å². The third-order valence-corrected chi connectivity index (χ3v) is 9.02. The molecule has 0 saturated heterocycles. The average Bonchev–Trinajstić information content (AvgIpc) is 3.10. The van der Waals surface area contributed by atoms with Gasteiger partial charge in [0.25, 0.3) is 0 Å². The summed E-state index contributed by atoms with van der Waals surface area (Å²) < 4.78 is 53.4. The van der Waals surface area contributed by atoms with Crippen molar-refractivity contribution in [2.45, 2.75) is 91.8 Å². The zero-order valence-corrected chi connectivity index (χ0v) is 33.3. The Morgan fingerprint density at radius 1 is 0.727 bits per heavy atom. The first-order valence-electron chi connectivity index (χ1n) is 17.9. The quantitative estimate of drug-likeness (QED) is 0.0762. The zero-order valence-electron chi connectivity index (χ0n) is 32.4. The molecule has 0 aliphatic heterocycles. The Bertz CT molecular complexity index is 1920. The van der Waals surface area contributed by atoms with Crippen LogP contribution in [0.25, 0.3) is 0 Å². The molecule has 0 heterocycles. The number of hydrogen-bond donors (Lipinski definition) is 1. The monoisotopic (exact) mass is 775 g/mol. The van der Waals surface area contributed by atoms with Crippen LogP contribution in [0, 0.1) is 0 Å². The van der Waals surface area contributed by atoms with E-state index in [2.05, 4.69) is 5.32 Å². The molecule has 55 heavy (non-hydrogen) atoms. The molecule has 0 saturated carbocycles. The van der Waals surface area contributed by atoms with Gasteiger partial charge in [0.15, 0.2) is 5.78 Å². The number of hydrogen-bond acceptors (Lipinski definition) is 11. The number of ketones is 1. The standard InChI is InChI=1S/C42H50NO11P/c1-30(44)37(43-40(46)52-41(2,3)4)29-50-55(47,54-42(5,6)7)53-35-23-20-31(21-24-35)27-49-39(45)25-22-33-15-11-12-19-38(33)48-28-32-14-13-18-36(26-32)51-34-16-9-8-10-17-34/h8-21,23-24,26,37H,22,25,27-29H2,1-7H3,(H,43,46)/t37-,55?/m0/s1. The van der Waals surface area contributed by atoms with Gasteiger partial charge < -0.3 is 28.8 Å². The first-order valence-corrected chi connectivity index (χ1v) is 19.3. The van der Waals surface area contributed by atoms with Gasteiger partial charge in [-0.15, -0.1) is 0 Å². The van der Waals surface area contributed by atoms with Gasteiger partial charge in [-0.2, -0.15) is 0 Å². The molecule has 4 aromatic carbocycles. The number of phosphoric ester groups is 1. The molecule has 1 N–H and O–H groups in total. The minimum Gasteiger partial charge on any atom is -0.489 e. The highest BCUT2D eigenvalue weighted by atomic mass is 31.2. The summed E-state index contributed by atoms with van der Waals surface area (Å²) in [6.45, 7) is 11.1. The molecule has 0 bridgehead atoms. The Morgan fingerprint density at radius 2 is 1.40 bits per heavy atom. The molecule has 0 aromatic heterocycles. The summed E-state index contributed by atoms with van der Waals surface area (Å²) in [6, 6.07) is 30.0. The van der Waals surface area contributed by atoms with E-state index in [4.69, 9.17) is 32.5 Å². The van der Waals surface area contributed by atoms with Crippen LogP contribution in [-0.2, 0) is 52.3 Å². The van der Waals surface area contributed by atoms with E-state index < -0.39 is 49.5 Å². The fourth-order valence-corrected chi connectivity index (χ4v) is 6.39. The van der Waals surface area contributed by atoms with Crippen LogP contribution in [0.5, 0.6) is 23.0 Å². The molecule has 294 valence electrons. The van der Waals surface area contributed by atoms with Gasteiger partial charge in [-0.05, 0) is 114 Å². The Balaban J connectivity index is 1.28. The molecule has 4 aromatic rings. The van der Waals surface area contributed by atoms with Crippen LogP contribution in [0.1, 0.15) is 71.6 Å². The lowest BCUT2D eigenvalue weighted by molar-refractivity contribution is -0.144. The van der Waals surface area contributed by atoms with E-state index in [0.29, 0.717) is 30.1 Å². The predicted molar refractivity (Wildman–Crippen MR) is 207 cm³/mol. The Kier molecular flexibility index (Phi) is 15.0. The lowest BCUT2D eigenvalue weighted by Crippen LogP contribution is -2.45. The first kappa shape index (κ1) is 42.6. The lowest BCUT2D eigenvalue weighted by atomic mass is 10.1. The fraction of sp³-hybridized carbons (Fsp3) is 0.357. The van der Waals surface area contributed by atoms with Gasteiger partial charge in [0, 0.05) is 6.42 Å². The number of aryl methyl sites for hydroxylation is 1. The smallest absolute Gasteiger partial charge is 0.489 e. The summed E-state index contributed by atoms with van der Waals surface area (Å²) in [7, 11) is -4.31. The van der Waals surface area contributed by atoms with Crippen molar-refractivity contribution in [3.63, 3.8) is 0 Å². The highest BCUT2D eigenvalue weighted by Crippen LogP contribution is 2.52. The molecule has 0 spiro atoms. The highest BCUT2D eigenvalue weighted by molar-refractivity contribution is 7.49. The molecule has 1 amide bonds. The number of Topliss-reactive ketones (excluding diaryl/α,β-unsaturated/α-hetero) is 1. The van der Waals surface area contributed by atoms with Crippen molar-refractivity contribution in [2.75, 3.05) is 6.61 Å². The minimum absolute atomic E-state index is 0.00192. The Hall–Kier alpha value is -5.16. The van der Waals surface area contributed by atoms with E-state index in [9.17, 15) is 18.9 Å². The Morgan fingerprint density at radius 3 is 2.07 bits per heavy atom. The lowest BCUT2D eigenvalue weighted by Gasteiger charge is -2.28. The second-order valence-corrected chi connectivity index (χ2v) is 16.1. The molecule has 0 aliphatic carbocycles. The molecule has 12 nitrogen and oxygen atoms in total. The van der Waals surface area contributed by atoms with Gasteiger partial charge in [0.1, 0.15) is 47.9 Å². The summed E-state index contributed by atoms with van der Waals surface area (Å²) >= 11 is 0. The number of phosphoric acid groups is 1. The largest absolute Gasteiger partial charge is 0.530 e. The van der Waals surface area contributed by atoms with Crippen LogP contribution in [0.15, 0.2) is 103 Å². The van der Waals surface area contributed by atoms with Crippen molar-refractivity contribution < 1.29 is 51.5 Å². The van der Waals surface area contributed by atoms with Crippen molar-refractivity contribution >= 4 is 25.7 Å². The number of alkyl carbamates (subject to hydrolysis) is 1. The molecular formula is C42H50NO11P. The maximum absolute atomic E-state index is 13.7. The average molecular weight is 776 g/mol. The molecule has 0 fully saturated rings. The SMILES string of the molecule is CC(=O)[C@H](COP(=O)(Oc1ccc(COC(=O)CCc2ccccc2OCc2cccc(Oc3ccccc3)c2)cc1)OC(C)(C)C)NC(=O)OC(C)(C)C. The number of carbonyl (C=O) groups is 3. The number of rotatable bonds is 18. The maximum atomic E-state index is 13.7. The third kappa shape index (κ3) is 15.6. The van der Waals surface area contributed by atoms with Crippen molar-refractivity contribution in [3.05, 3.63) is 120 Å². The second kappa shape index (κ2) is 19.4. The summed E-state index contributed by atoms with van der Waals surface area (Å²) in [6.07, 6.45) is -0.279. The zero-order chi connectivity index (χ0) is 40.1. The minimum atomic E-state index is -4.31. The molecule has 4 rings (SSSR count). The van der Waals surface area contributed by atoms with Gasteiger partial charge in [0.05, 0.1) is 12.2 Å². The van der Waals surface area contributed by atoms with E-state index in [-0.39, 0.29) is 18.8 Å². The molecule has 1 unspecified atom stereocenters. The van der Waals surface area contributed by atoms with Crippen LogP contribution in [0.3, 0.4) is 0 Å². The molecule has 13 heteroatoms. The van der Waals surface area contributed by atoms with Crippen LogP contribution < -0.4 is 19.3 Å². The van der Waals surface area contributed by atoms with E-state index in [1.54, 1.807) is 53.7 Å². The van der Waals surface area contributed by atoms with Gasteiger partial charge >= 0.3 is 19.9 Å². The second-order valence-electron chi connectivity index (χ2n) is 14.6. The first-order chi connectivity index (χ1) is 26.0. The number of esters is 1. The number of benzene rings is 4. The van der Waals surface area contributed by atoms with E-state index in [1.807, 2.05) is 78.9 Å². The summed E-state index contributed by atoms with van der Waals surface area (Å²) in [5.41, 5.74) is 0.724. The van der Waals surface area contributed by atoms with Crippen molar-refractivity contribution in [1.82, 2.24) is 5.32 Å². The topological polar surface area (TPSA) is 145 Å². The molecule has 2 atom stereocenters. The van der Waals surface area contributed by atoms with Crippen LogP contribution in [-0.4, -0.2) is 41.7 Å². The van der Waals surface area contributed by atoms with E-state index >= 15 is 0 Å². The van der Waals surface area contributed by atoms with Crippen molar-refractivity contribution in [3.8, 4) is 23.0 Å². The van der Waals surface area contributed by atoms with Crippen LogP contribution in [0.4, 0.5) is 4.79 Å². The van der Waals surface area contributed by atoms with Gasteiger partial charge in [-0.25, -0.2) is 9.36 Å². The number of para-hydroxylation sites is 2. The summed E-state index contributed by atoms with van der Waals surface area (Å²) in [5.74, 6) is 1.44. The maximum Gasteiger partial charge on any atom is 0.530 e. The van der Waals surface area contributed by atoms with E-state index in [1.165, 1.54) is 19.1 Å². The fourth-order valence-electron chi connectivity index (χ4n) is 4.87. The highest BCUT2D eigenvalue weighted by Gasteiger charge is 2.36. The number of nitrogens with one attached hydrogen (secondary N) is 1. The molecule has 0 radical (unpaired) electrons. The summed E-state index contributed by atoms with van der Waals surface area (Å²) in [5, 5.41) is 2.42. The molecule has 0 aliphatic rings. The van der Waals surface area contributed by atoms with Crippen LogP contribution >= 0.6 is 7.82 Å². The molecular weight excluding hydrogens is 725 g/mol. The number of ether oxygens (including phenoxy) is 4. The van der Waals surface area contributed by atoms with E-state index in [0.717, 1.165) is 16.9 Å². The van der Waals surface area contributed by atoms with Crippen LogP contribution in [0.2, 0.25) is 0 Å². The third-order valence-electron chi connectivity index (χ3n) is 7.35.